The summed E-state index contributed by atoms with van der Waals surface area (Å²) in [6.45, 7) is 1.03. The summed E-state index contributed by atoms with van der Waals surface area (Å²) in [5.41, 5.74) is -0.990. The molecule has 0 amide bonds. The highest BCUT2D eigenvalue weighted by molar-refractivity contribution is 5.55. The monoisotopic (exact) mass is 381 g/mol. The zero-order chi connectivity index (χ0) is 19.5. The van der Waals surface area contributed by atoms with Crippen LogP contribution < -0.4 is 5.32 Å². The van der Waals surface area contributed by atoms with Gasteiger partial charge in [-0.05, 0) is 30.5 Å². The molecule has 144 valence electrons. The zero-order valence-electron chi connectivity index (χ0n) is 14.3. The molecular weight excluding hydrogens is 363 g/mol. The predicted octanol–water partition coefficient (Wildman–Crippen LogP) is 4.17. The summed E-state index contributed by atoms with van der Waals surface area (Å²) < 4.78 is 44.8. The normalized spacial score (nSPS) is 16.7. The zero-order valence-corrected chi connectivity index (χ0v) is 14.3. The lowest BCUT2D eigenvalue weighted by Gasteiger charge is -2.38. The molecule has 0 aliphatic carbocycles. The molecule has 9 heteroatoms. The fourth-order valence-corrected chi connectivity index (χ4v) is 3.29. The van der Waals surface area contributed by atoms with E-state index in [1.807, 2.05) is 0 Å². The Morgan fingerprint density at radius 1 is 1.22 bits per heavy atom. The Hall–Kier alpha value is -2.68. The predicted molar refractivity (Wildman–Crippen MR) is 92.6 cm³/mol. The quantitative estimate of drug-likeness (QED) is 0.621. The number of ether oxygens (including phenoxy) is 1. The maximum absolute atomic E-state index is 13.1. The fourth-order valence-electron chi connectivity index (χ4n) is 3.29. The number of nitrogens with zero attached hydrogens (tertiary/aromatic N) is 2. The molecule has 0 atom stereocenters. The van der Waals surface area contributed by atoms with Gasteiger partial charge in [-0.3, -0.25) is 10.1 Å². The van der Waals surface area contributed by atoms with E-state index in [-0.39, 0.29) is 18.1 Å². The number of hydrogen-bond donors (Lipinski definition) is 1. The third kappa shape index (κ3) is 4.19. The summed E-state index contributed by atoms with van der Waals surface area (Å²) in [5, 5.41) is 14.1. The fraction of sp³-hybridized carbons (Fsp3) is 0.389. The highest BCUT2D eigenvalue weighted by Gasteiger charge is 2.37. The van der Waals surface area contributed by atoms with Gasteiger partial charge in [0.1, 0.15) is 0 Å². The van der Waals surface area contributed by atoms with Gasteiger partial charge in [0.15, 0.2) is 0 Å². The van der Waals surface area contributed by atoms with E-state index in [1.165, 1.54) is 24.4 Å². The minimum absolute atomic E-state index is 0.0975. The van der Waals surface area contributed by atoms with E-state index in [0.717, 1.165) is 12.1 Å². The van der Waals surface area contributed by atoms with Crippen molar-refractivity contribution in [3.05, 3.63) is 63.8 Å². The summed E-state index contributed by atoms with van der Waals surface area (Å²) in [7, 11) is 0. The van der Waals surface area contributed by atoms with E-state index in [0.29, 0.717) is 31.6 Å². The van der Waals surface area contributed by atoms with Crippen LogP contribution in [0.4, 0.5) is 24.7 Å². The molecule has 1 aliphatic heterocycles. The largest absolute Gasteiger partial charge is 0.416 e. The number of nitrogens with one attached hydrogen (secondary N) is 1. The lowest BCUT2D eigenvalue weighted by molar-refractivity contribution is -0.384. The molecule has 0 unspecified atom stereocenters. The van der Waals surface area contributed by atoms with Gasteiger partial charge < -0.3 is 10.1 Å². The number of rotatable bonds is 5. The Morgan fingerprint density at radius 3 is 2.63 bits per heavy atom. The van der Waals surface area contributed by atoms with Gasteiger partial charge in [-0.2, -0.15) is 13.2 Å². The first-order valence-corrected chi connectivity index (χ1v) is 8.41. The molecule has 6 nitrogen and oxygen atoms in total. The number of nitro groups is 1. The standard InChI is InChI=1S/C18H18F3N3O3/c19-18(20,21)14-4-1-3-13(11-14)17(6-9-27-10-7-17)12-23-16-15(24(25)26)5-2-8-22-16/h1-5,8,11H,6-7,9-10,12H2,(H,22,23). The minimum atomic E-state index is -4.43. The lowest BCUT2D eigenvalue weighted by Crippen LogP contribution is -2.40. The van der Waals surface area contributed by atoms with Crippen LogP contribution in [-0.4, -0.2) is 29.7 Å². The average Bonchev–Trinajstić information content (AvgIpc) is 2.67. The van der Waals surface area contributed by atoms with Crippen molar-refractivity contribution in [1.82, 2.24) is 4.98 Å². The molecule has 1 aromatic carbocycles. The second kappa shape index (κ2) is 7.51. The first-order chi connectivity index (χ1) is 12.8. The van der Waals surface area contributed by atoms with E-state index >= 15 is 0 Å². The Bertz CT molecular complexity index is 821. The van der Waals surface area contributed by atoms with Crippen LogP contribution in [0.15, 0.2) is 42.6 Å². The first kappa shape index (κ1) is 19.1. The lowest BCUT2D eigenvalue weighted by atomic mass is 9.73. The van der Waals surface area contributed by atoms with Crippen LogP contribution in [0.3, 0.4) is 0 Å². The third-order valence-electron chi connectivity index (χ3n) is 4.83. The molecule has 3 rings (SSSR count). The van der Waals surface area contributed by atoms with Crippen molar-refractivity contribution in [2.45, 2.75) is 24.4 Å². The number of alkyl halides is 3. The summed E-state index contributed by atoms with van der Waals surface area (Å²) in [6.07, 6.45) is -2.00. The second-order valence-corrected chi connectivity index (χ2v) is 6.45. The Balaban J connectivity index is 1.92. The van der Waals surface area contributed by atoms with Crippen LogP contribution in [0, 0.1) is 10.1 Å². The maximum atomic E-state index is 13.1. The molecular formula is C18H18F3N3O3. The molecule has 2 heterocycles. The van der Waals surface area contributed by atoms with E-state index in [9.17, 15) is 23.3 Å². The van der Waals surface area contributed by atoms with E-state index < -0.39 is 22.1 Å². The highest BCUT2D eigenvalue weighted by Crippen LogP contribution is 2.38. The van der Waals surface area contributed by atoms with Gasteiger partial charge in [0.05, 0.1) is 10.5 Å². The van der Waals surface area contributed by atoms with E-state index in [4.69, 9.17) is 4.74 Å². The molecule has 1 N–H and O–H groups in total. The van der Waals surface area contributed by atoms with Gasteiger partial charge in [0.25, 0.3) is 0 Å². The van der Waals surface area contributed by atoms with Crippen molar-refractivity contribution < 1.29 is 22.8 Å². The number of anilines is 1. The van der Waals surface area contributed by atoms with Crippen LogP contribution in [0.1, 0.15) is 24.0 Å². The Kier molecular flexibility index (Phi) is 5.31. The van der Waals surface area contributed by atoms with Crippen LogP contribution >= 0.6 is 0 Å². The Morgan fingerprint density at radius 2 is 1.96 bits per heavy atom. The maximum Gasteiger partial charge on any atom is 0.416 e. The SMILES string of the molecule is O=[N+]([O-])c1cccnc1NCC1(c2cccc(C(F)(F)F)c2)CCOCC1. The van der Waals surface area contributed by atoms with Gasteiger partial charge in [0.2, 0.25) is 5.82 Å². The molecule has 1 aromatic heterocycles. The Labute approximate surface area is 153 Å². The molecule has 1 saturated heterocycles. The second-order valence-electron chi connectivity index (χ2n) is 6.45. The number of benzene rings is 1. The van der Waals surface area contributed by atoms with Crippen LogP contribution in [0.2, 0.25) is 0 Å². The third-order valence-corrected chi connectivity index (χ3v) is 4.83. The van der Waals surface area contributed by atoms with Crippen molar-refractivity contribution in [2.75, 3.05) is 25.1 Å². The summed E-state index contributed by atoms with van der Waals surface area (Å²) in [6, 6.07) is 8.03. The molecule has 0 bridgehead atoms. The van der Waals surface area contributed by atoms with Crippen molar-refractivity contribution in [3.63, 3.8) is 0 Å². The van der Waals surface area contributed by atoms with Crippen molar-refractivity contribution >= 4 is 11.5 Å². The van der Waals surface area contributed by atoms with E-state index in [2.05, 4.69) is 10.3 Å². The molecule has 0 saturated carbocycles. The molecule has 1 fully saturated rings. The topological polar surface area (TPSA) is 77.3 Å². The van der Waals surface area contributed by atoms with Crippen LogP contribution in [-0.2, 0) is 16.3 Å². The summed E-state index contributed by atoms with van der Waals surface area (Å²) in [5.74, 6) is 0.0975. The van der Waals surface area contributed by atoms with Gasteiger partial charge in [0, 0.05) is 37.4 Å². The van der Waals surface area contributed by atoms with Crippen LogP contribution in [0.5, 0.6) is 0 Å². The van der Waals surface area contributed by atoms with Crippen molar-refractivity contribution in [1.29, 1.82) is 0 Å². The highest BCUT2D eigenvalue weighted by atomic mass is 19.4. The van der Waals surface area contributed by atoms with Gasteiger partial charge in [-0.15, -0.1) is 0 Å². The van der Waals surface area contributed by atoms with Crippen molar-refractivity contribution in [2.24, 2.45) is 0 Å². The average molecular weight is 381 g/mol. The minimum Gasteiger partial charge on any atom is -0.381 e. The van der Waals surface area contributed by atoms with Gasteiger partial charge >= 0.3 is 11.9 Å². The molecule has 0 spiro atoms. The van der Waals surface area contributed by atoms with E-state index in [1.54, 1.807) is 6.07 Å². The summed E-state index contributed by atoms with van der Waals surface area (Å²) in [4.78, 5) is 14.6. The van der Waals surface area contributed by atoms with Crippen LogP contribution in [0.25, 0.3) is 0 Å². The first-order valence-electron chi connectivity index (χ1n) is 8.41. The van der Waals surface area contributed by atoms with Crippen molar-refractivity contribution in [3.8, 4) is 0 Å². The molecule has 1 aliphatic rings. The number of hydrogen-bond acceptors (Lipinski definition) is 5. The van der Waals surface area contributed by atoms with Gasteiger partial charge in [-0.1, -0.05) is 18.2 Å². The number of aromatic nitrogens is 1. The van der Waals surface area contributed by atoms with Gasteiger partial charge in [-0.25, -0.2) is 4.98 Å². The molecule has 2 aromatic rings. The number of halogens is 3. The molecule has 27 heavy (non-hydrogen) atoms. The number of pyridine rings is 1. The molecule has 0 radical (unpaired) electrons. The smallest absolute Gasteiger partial charge is 0.381 e. The summed E-state index contributed by atoms with van der Waals surface area (Å²) >= 11 is 0.